The second kappa shape index (κ2) is 5.07. The maximum atomic E-state index is 11.0. The van der Waals surface area contributed by atoms with Crippen molar-refractivity contribution >= 4 is 20.7 Å². The van der Waals surface area contributed by atoms with E-state index in [0.717, 1.165) is 16.6 Å². The number of fused-ring (bicyclic) bond motifs is 1. The predicted octanol–water partition coefficient (Wildman–Crippen LogP) is 0.708. The van der Waals surface area contributed by atoms with Crippen LogP contribution >= 0.6 is 0 Å². The van der Waals surface area contributed by atoms with Crippen LogP contribution in [0.1, 0.15) is 5.69 Å². The van der Waals surface area contributed by atoms with Crippen molar-refractivity contribution in [3.05, 3.63) is 30.0 Å². The maximum Gasteiger partial charge on any atom is 0.148 e. The van der Waals surface area contributed by atoms with E-state index in [-0.39, 0.29) is 5.75 Å². The van der Waals surface area contributed by atoms with Crippen LogP contribution in [-0.2, 0) is 23.4 Å². The van der Waals surface area contributed by atoms with Gasteiger partial charge in [0, 0.05) is 31.8 Å². The zero-order valence-electron chi connectivity index (χ0n) is 10.5. The van der Waals surface area contributed by atoms with Gasteiger partial charge in [-0.15, -0.1) is 0 Å². The molecule has 0 radical (unpaired) electrons. The summed E-state index contributed by atoms with van der Waals surface area (Å²) in [6, 6.07) is 7.99. The van der Waals surface area contributed by atoms with Crippen molar-refractivity contribution in [2.75, 3.05) is 18.6 Å². The minimum atomic E-state index is -2.90. The zero-order valence-corrected chi connectivity index (χ0v) is 11.4. The van der Waals surface area contributed by atoms with Gasteiger partial charge in [0.2, 0.25) is 0 Å². The molecule has 5 nitrogen and oxygen atoms in total. The molecule has 0 aliphatic carbocycles. The van der Waals surface area contributed by atoms with Gasteiger partial charge in [-0.25, -0.2) is 8.42 Å². The van der Waals surface area contributed by atoms with Crippen LogP contribution < -0.4 is 5.32 Å². The summed E-state index contributed by atoms with van der Waals surface area (Å²) in [6.45, 7) is 1.03. The molecule has 98 valence electrons. The minimum Gasteiger partial charge on any atom is -0.310 e. The van der Waals surface area contributed by atoms with Gasteiger partial charge < -0.3 is 5.32 Å². The Morgan fingerprint density at radius 1 is 1.33 bits per heavy atom. The topological polar surface area (TPSA) is 64.0 Å². The summed E-state index contributed by atoms with van der Waals surface area (Å²) >= 11 is 0. The molecule has 18 heavy (non-hydrogen) atoms. The molecule has 0 atom stereocenters. The first-order valence-corrected chi connectivity index (χ1v) is 7.82. The maximum absolute atomic E-state index is 11.0. The lowest BCUT2D eigenvalue weighted by Crippen LogP contribution is -2.22. The van der Waals surface area contributed by atoms with Gasteiger partial charge in [0.1, 0.15) is 9.84 Å². The Labute approximate surface area is 107 Å². The minimum absolute atomic E-state index is 0.151. The number of hydrogen-bond acceptors (Lipinski definition) is 4. The van der Waals surface area contributed by atoms with E-state index in [0.29, 0.717) is 13.1 Å². The Hall–Kier alpha value is -1.40. The number of aromatic nitrogens is 2. The van der Waals surface area contributed by atoms with Crippen molar-refractivity contribution in [1.29, 1.82) is 0 Å². The predicted molar refractivity (Wildman–Crippen MR) is 72.1 cm³/mol. The van der Waals surface area contributed by atoms with Crippen LogP contribution in [0.15, 0.2) is 24.3 Å². The second-order valence-electron chi connectivity index (χ2n) is 4.39. The SMILES string of the molecule is Cn1nc(CNCCS(C)(=O)=O)c2ccccc21. The smallest absolute Gasteiger partial charge is 0.148 e. The van der Waals surface area contributed by atoms with Gasteiger partial charge in [0.25, 0.3) is 0 Å². The monoisotopic (exact) mass is 267 g/mol. The molecule has 0 spiro atoms. The number of rotatable bonds is 5. The molecule has 0 saturated heterocycles. The van der Waals surface area contributed by atoms with E-state index in [1.165, 1.54) is 6.26 Å². The Balaban J connectivity index is 2.04. The fraction of sp³-hybridized carbons (Fsp3) is 0.417. The number of nitrogens with one attached hydrogen (secondary N) is 1. The standard InChI is InChI=1S/C12H17N3O2S/c1-15-12-6-4-3-5-10(12)11(14-15)9-13-7-8-18(2,16)17/h3-6,13H,7-9H2,1-2H3. The third-order valence-corrected chi connectivity index (χ3v) is 3.72. The lowest BCUT2D eigenvalue weighted by molar-refractivity contribution is 0.595. The van der Waals surface area contributed by atoms with Gasteiger partial charge in [0.05, 0.1) is 17.0 Å². The molecule has 1 heterocycles. The summed E-state index contributed by atoms with van der Waals surface area (Å²) in [5, 5.41) is 8.64. The van der Waals surface area contributed by atoms with Crippen molar-refractivity contribution in [2.45, 2.75) is 6.54 Å². The zero-order chi connectivity index (χ0) is 13.2. The normalized spacial score (nSPS) is 12.1. The van der Waals surface area contributed by atoms with E-state index in [1.807, 2.05) is 36.0 Å². The molecule has 0 aliphatic heterocycles. The van der Waals surface area contributed by atoms with Gasteiger partial charge in [0.15, 0.2) is 0 Å². The van der Waals surface area contributed by atoms with E-state index >= 15 is 0 Å². The van der Waals surface area contributed by atoms with Gasteiger partial charge >= 0.3 is 0 Å². The van der Waals surface area contributed by atoms with Gasteiger partial charge in [-0.05, 0) is 6.07 Å². The van der Waals surface area contributed by atoms with Gasteiger partial charge in [-0.2, -0.15) is 5.10 Å². The molecular formula is C12H17N3O2S. The molecule has 2 rings (SSSR count). The molecule has 1 aromatic heterocycles. The lowest BCUT2D eigenvalue weighted by atomic mass is 10.2. The molecule has 0 fully saturated rings. The number of aryl methyl sites for hydroxylation is 1. The van der Waals surface area contributed by atoms with Crippen molar-refractivity contribution in [3.8, 4) is 0 Å². The first-order chi connectivity index (χ1) is 8.47. The summed E-state index contributed by atoms with van der Waals surface area (Å²) in [5.41, 5.74) is 2.03. The van der Waals surface area contributed by atoms with E-state index in [9.17, 15) is 8.42 Å². The fourth-order valence-electron chi connectivity index (χ4n) is 1.88. The average molecular weight is 267 g/mol. The van der Waals surface area contributed by atoms with Crippen LogP contribution in [0.3, 0.4) is 0 Å². The largest absolute Gasteiger partial charge is 0.310 e. The third kappa shape index (κ3) is 3.08. The summed E-state index contributed by atoms with van der Waals surface area (Å²) in [5.74, 6) is 0.151. The Morgan fingerprint density at radius 2 is 2.06 bits per heavy atom. The quantitative estimate of drug-likeness (QED) is 0.810. The molecule has 0 amide bonds. The highest BCUT2D eigenvalue weighted by Gasteiger charge is 2.07. The summed E-state index contributed by atoms with van der Waals surface area (Å²) < 4.78 is 23.8. The van der Waals surface area contributed by atoms with Crippen LogP contribution in [0.2, 0.25) is 0 Å². The number of benzene rings is 1. The molecule has 6 heteroatoms. The number of sulfone groups is 1. The van der Waals surface area contributed by atoms with Crippen molar-refractivity contribution in [2.24, 2.45) is 7.05 Å². The van der Waals surface area contributed by atoms with E-state index in [2.05, 4.69) is 10.4 Å². The molecule has 1 aromatic carbocycles. The summed E-state index contributed by atoms with van der Waals surface area (Å²) in [6.07, 6.45) is 1.24. The summed E-state index contributed by atoms with van der Waals surface area (Å²) in [4.78, 5) is 0. The highest BCUT2D eigenvalue weighted by atomic mass is 32.2. The molecule has 0 saturated carbocycles. The van der Waals surface area contributed by atoms with Gasteiger partial charge in [-0.1, -0.05) is 18.2 Å². The second-order valence-corrected chi connectivity index (χ2v) is 6.65. The first-order valence-electron chi connectivity index (χ1n) is 5.76. The van der Waals surface area contributed by atoms with Crippen LogP contribution in [0, 0.1) is 0 Å². The first kappa shape index (κ1) is 13.0. The van der Waals surface area contributed by atoms with Crippen LogP contribution in [-0.4, -0.2) is 36.8 Å². The van der Waals surface area contributed by atoms with Crippen molar-refractivity contribution < 1.29 is 8.42 Å². The number of nitrogens with zero attached hydrogens (tertiary/aromatic N) is 2. The molecule has 2 aromatic rings. The highest BCUT2D eigenvalue weighted by Crippen LogP contribution is 2.16. The fourth-order valence-corrected chi connectivity index (χ4v) is 2.40. The molecule has 0 aliphatic rings. The molecule has 0 unspecified atom stereocenters. The van der Waals surface area contributed by atoms with Crippen LogP contribution in [0.4, 0.5) is 0 Å². The highest BCUT2D eigenvalue weighted by molar-refractivity contribution is 7.90. The Morgan fingerprint density at radius 3 is 2.78 bits per heavy atom. The van der Waals surface area contributed by atoms with E-state index in [4.69, 9.17) is 0 Å². The van der Waals surface area contributed by atoms with Crippen LogP contribution in [0.5, 0.6) is 0 Å². The Kier molecular flexibility index (Phi) is 3.68. The Bertz CT molecular complexity index is 646. The molecule has 0 bridgehead atoms. The van der Waals surface area contributed by atoms with E-state index < -0.39 is 9.84 Å². The van der Waals surface area contributed by atoms with Crippen LogP contribution in [0.25, 0.3) is 10.9 Å². The molecule has 1 N–H and O–H groups in total. The van der Waals surface area contributed by atoms with Crippen molar-refractivity contribution in [1.82, 2.24) is 15.1 Å². The van der Waals surface area contributed by atoms with Gasteiger partial charge in [-0.3, -0.25) is 4.68 Å². The number of hydrogen-bond donors (Lipinski definition) is 1. The third-order valence-electron chi connectivity index (χ3n) is 2.78. The summed E-state index contributed by atoms with van der Waals surface area (Å²) in [7, 11) is -0.999. The molecular weight excluding hydrogens is 250 g/mol. The van der Waals surface area contributed by atoms with Crippen molar-refractivity contribution in [3.63, 3.8) is 0 Å². The van der Waals surface area contributed by atoms with E-state index in [1.54, 1.807) is 0 Å². The lowest BCUT2D eigenvalue weighted by Gasteiger charge is -2.01. The average Bonchev–Trinajstić information content (AvgIpc) is 2.62. The number of para-hydroxylation sites is 1.